The molecular formula is C17H18N2O2S. The number of aromatic nitrogens is 1. The van der Waals surface area contributed by atoms with Gasteiger partial charge in [0, 0.05) is 24.1 Å². The largest absolute Gasteiger partial charge is 0.494 e. The number of carbonyl (C=O) groups excluding carboxylic acids is 1. The Morgan fingerprint density at radius 1 is 1.23 bits per heavy atom. The summed E-state index contributed by atoms with van der Waals surface area (Å²) in [6.07, 6.45) is 4.12. The summed E-state index contributed by atoms with van der Waals surface area (Å²) in [5.74, 6) is 1.95. The van der Waals surface area contributed by atoms with Crippen LogP contribution in [0.1, 0.15) is 18.4 Å². The van der Waals surface area contributed by atoms with Gasteiger partial charge in [-0.3, -0.25) is 4.79 Å². The molecule has 0 saturated heterocycles. The molecule has 3 rings (SSSR count). The van der Waals surface area contributed by atoms with Gasteiger partial charge in [-0.1, -0.05) is 6.07 Å². The van der Waals surface area contributed by atoms with Crippen LogP contribution in [0.2, 0.25) is 0 Å². The van der Waals surface area contributed by atoms with Gasteiger partial charge in [-0.25, -0.2) is 4.98 Å². The van der Waals surface area contributed by atoms with Crippen LogP contribution in [0.3, 0.4) is 0 Å². The van der Waals surface area contributed by atoms with Crippen molar-refractivity contribution in [3.8, 4) is 5.75 Å². The number of fused-ring (bicyclic) bond motifs is 1. The second-order valence-corrected chi connectivity index (χ2v) is 6.20. The molecule has 0 unspecified atom stereocenters. The highest BCUT2D eigenvalue weighted by atomic mass is 32.2. The summed E-state index contributed by atoms with van der Waals surface area (Å²) < 4.78 is 5.79. The number of aryl methyl sites for hydroxylation is 1. The van der Waals surface area contributed by atoms with E-state index in [1.165, 1.54) is 0 Å². The van der Waals surface area contributed by atoms with Crippen LogP contribution in [0.25, 0.3) is 0 Å². The molecule has 114 valence electrons. The van der Waals surface area contributed by atoms with E-state index in [2.05, 4.69) is 10.3 Å². The van der Waals surface area contributed by atoms with Crippen molar-refractivity contribution in [1.82, 2.24) is 4.98 Å². The molecule has 0 fully saturated rings. The zero-order chi connectivity index (χ0) is 15.2. The second-order valence-electron chi connectivity index (χ2n) is 5.09. The highest BCUT2D eigenvalue weighted by molar-refractivity contribution is 7.99. The Hall–Kier alpha value is -2.01. The molecule has 1 aliphatic heterocycles. The molecule has 5 heteroatoms. The summed E-state index contributed by atoms with van der Waals surface area (Å²) >= 11 is 1.74. The van der Waals surface area contributed by atoms with E-state index in [-0.39, 0.29) is 5.91 Å². The molecule has 1 N–H and O–H groups in total. The molecule has 1 aromatic carbocycles. The lowest BCUT2D eigenvalue weighted by Gasteiger charge is -2.17. The first-order chi connectivity index (χ1) is 10.8. The number of ether oxygens (including phenoxy) is 1. The number of hydrogen-bond donors (Lipinski definition) is 1. The van der Waals surface area contributed by atoms with Crippen LogP contribution in [0.4, 0.5) is 5.69 Å². The van der Waals surface area contributed by atoms with E-state index in [9.17, 15) is 4.79 Å². The SMILES string of the molecule is O=C1CCc2cc(OCCCSc3ccccn3)ccc2N1. The summed E-state index contributed by atoms with van der Waals surface area (Å²) in [7, 11) is 0. The molecule has 2 heterocycles. The number of amides is 1. The number of anilines is 1. The number of pyridine rings is 1. The van der Waals surface area contributed by atoms with Crippen LogP contribution in [-0.4, -0.2) is 23.3 Å². The Morgan fingerprint density at radius 3 is 3.05 bits per heavy atom. The average molecular weight is 314 g/mol. The Morgan fingerprint density at radius 2 is 2.18 bits per heavy atom. The van der Waals surface area contributed by atoms with Crippen molar-refractivity contribution in [2.75, 3.05) is 17.7 Å². The van der Waals surface area contributed by atoms with Crippen molar-refractivity contribution < 1.29 is 9.53 Å². The second kappa shape index (κ2) is 7.31. The average Bonchev–Trinajstić information content (AvgIpc) is 2.55. The molecule has 1 aromatic heterocycles. The summed E-state index contributed by atoms with van der Waals surface area (Å²) in [5, 5.41) is 3.93. The fourth-order valence-electron chi connectivity index (χ4n) is 2.31. The van der Waals surface area contributed by atoms with Gasteiger partial charge in [-0.15, -0.1) is 11.8 Å². The maximum Gasteiger partial charge on any atom is 0.224 e. The van der Waals surface area contributed by atoms with Crippen molar-refractivity contribution >= 4 is 23.4 Å². The van der Waals surface area contributed by atoms with E-state index in [4.69, 9.17) is 4.74 Å². The number of carbonyl (C=O) groups is 1. The van der Waals surface area contributed by atoms with Crippen molar-refractivity contribution in [3.63, 3.8) is 0 Å². The molecule has 0 spiro atoms. The van der Waals surface area contributed by atoms with E-state index in [1.54, 1.807) is 11.8 Å². The van der Waals surface area contributed by atoms with E-state index in [1.807, 2.05) is 42.6 Å². The summed E-state index contributed by atoms with van der Waals surface area (Å²) in [6, 6.07) is 11.8. The van der Waals surface area contributed by atoms with Crippen LogP contribution in [0.15, 0.2) is 47.6 Å². The Balaban J connectivity index is 1.43. The van der Waals surface area contributed by atoms with Gasteiger partial charge in [0.1, 0.15) is 5.75 Å². The van der Waals surface area contributed by atoms with Crippen LogP contribution >= 0.6 is 11.8 Å². The van der Waals surface area contributed by atoms with E-state index >= 15 is 0 Å². The lowest BCUT2D eigenvalue weighted by molar-refractivity contribution is -0.116. The molecule has 4 nitrogen and oxygen atoms in total. The number of rotatable bonds is 6. The van der Waals surface area contributed by atoms with Gasteiger partial charge in [-0.05, 0) is 48.7 Å². The first-order valence-corrected chi connectivity index (χ1v) is 8.39. The topological polar surface area (TPSA) is 51.2 Å². The molecule has 0 saturated carbocycles. The fraction of sp³-hybridized carbons (Fsp3) is 0.294. The van der Waals surface area contributed by atoms with Crippen molar-refractivity contribution in [2.24, 2.45) is 0 Å². The van der Waals surface area contributed by atoms with Gasteiger partial charge in [0.2, 0.25) is 5.91 Å². The van der Waals surface area contributed by atoms with Gasteiger partial charge in [0.25, 0.3) is 0 Å². The first kappa shape index (κ1) is 14.9. The molecule has 1 aliphatic rings. The van der Waals surface area contributed by atoms with Crippen LogP contribution in [-0.2, 0) is 11.2 Å². The summed E-state index contributed by atoms with van der Waals surface area (Å²) in [4.78, 5) is 15.6. The fourth-order valence-corrected chi connectivity index (χ4v) is 3.09. The Bertz CT molecular complexity index is 646. The molecule has 22 heavy (non-hydrogen) atoms. The zero-order valence-corrected chi connectivity index (χ0v) is 13.1. The third kappa shape index (κ3) is 4.01. The smallest absolute Gasteiger partial charge is 0.224 e. The van der Waals surface area contributed by atoms with Crippen LogP contribution < -0.4 is 10.1 Å². The number of hydrogen-bond acceptors (Lipinski definition) is 4. The minimum atomic E-state index is 0.0905. The monoisotopic (exact) mass is 314 g/mol. The van der Waals surface area contributed by atoms with Crippen molar-refractivity contribution in [1.29, 1.82) is 0 Å². The van der Waals surface area contributed by atoms with E-state index < -0.39 is 0 Å². The number of nitrogens with zero attached hydrogens (tertiary/aromatic N) is 1. The molecule has 1 amide bonds. The number of nitrogens with one attached hydrogen (secondary N) is 1. The summed E-state index contributed by atoms with van der Waals surface area (Å²) in [6.45, 7) is 0.685. The standard InChI is InChI=1S/C17H18N2O2S/c20-16-8-5-13-12-14(6-7-15(13)19-16)21-10-3-11-22-17-4-1-2-9-18-17/h1-2,4,6-7,9,12H,3,5,8,10-11H2,(H,19,20). The highest BCUT2D eigenvalue weighted by Crippen LogP contribution is 2.27. The normalized spacial score (nSPS) is 13.4. The van der Waals surface area contributed by atoms with Gasteiger partial charge in [-0.2, -0.15) is 0 Å². The molecule has 0 aliphatic carbocycles. The van der Waals surface area contributed by atoms with Crippen LogP contribution in [0, 0.1) is 0 Å². The number of thioether (sulfide) groups is 1. The van der Waals surface area contributed by atoms with Crippen molar-refractivity contribution in [2.45, 2.75) is 24.3 Å². The summed E-state index contributed by atoms with van der Waals surface area (Å²) in [5.41, 5.74) is 2.06. The molecule has 0 bridgehead atoms. The quantitative estimate of drug-likeness (QED) is 0.654. The molecule has 2 aromatic rings. The third-order valence-electron chi connectivity index (χ3n) is 3.42. The Labute approximate surface area is 134 Å². The van der Waals surface area contributed by atoms with Gasteiger partial charge in [0.15, 0.2) is 0 Å². The van der Waals surface area contributed by atoms with Gasteiger partial charge < -0.3 is 10.1 Å². The van der Waals surface area contributed by atoms with E-state index in [0.29, 0.717) is 13.0 Å². The first-order valence-electron chi connectivity index (χ1n) is 7.41. The Kier molecular flexibility index (Phi) is 4.96. The predicted molar refractivity (Wildman–Crippen MR) is 88.5 cm³/mol. The maximum absolute atomic E-state index is 11.3. The minimum Gasteiger partial charge on any atom is -0.494 e. The number of benzene rings is 1. The van der Waals surface area contributed by atoms with Crippen molar-refractivity contribution in [3.05, 3.63) is 48.2 Å². The maximum atomic E-state index is 11.3. The van der Waals surface area contributed by atoms with E-state index in [0.717, 1.165) is 40.6 Å². The molecule has 0 atom stereocenters. The predicted octanol–water partition coefficient (Wildman–Crippen LogP) is 3.53. The molecular weight excluding hydrogens is 296 g/mol. The van der Waals surface area contributed by atoms with Gasteiger partial charge in [0.05, 0.1) is 11.6 Å². The lowest BCUT2D eigenvalue weighted by atomic mass is 10.0. The minimum absolute atomic E-state index is 0.0905. The lowest BCUT2D eigenvalue weighted by Crippen LogP contribution is -2.18. The highest BCUT2D eigenvalue weighted by Gasteiger charge is 2.14. The zero-order valence-electron chi connectivity index (χ0n) is 12.2. The molecule has 0 radical (unpaired) electrons. The van der Waals surface area contributed by atoms with Gasteiger partial charge >= 0.3 is 0 Å². The third-order valence-corrected chi connectivity index (χ3v) is 4.45. The van der Waals surface area contributed by atoms with Crippen LogP contribution in [0.5, 0.6) is 5.75 Å².